The molecule has 0 saturated heterocycles. The first-order valence-electron chi connectivity index (χ1n) is 6.25. The number of amides is 1. The van der Waals surface area contributed by atoms with Gasteiger partial charge >= 0.3 is 0 Å². The number of carbonyl (C=O) groups excluding carboxylic acids is 1. The van der Waals surface area contributed by atoms with E-state index in [1.165, 1.54) is 0 Å². The largest absolute Gasteiger partial charge is 0.480 e. The van der Waals surface area contributed by atoms with Crippen molar-refractivity contribution in [2.75, 3.05) is 0 Å². The summed E-state index contributed by atoms with van der Waals surface area (Å²) in [6, 6.07) is 5.07. The van der Waals surface area contributed by atoms with Gasteiger partial charge in [0.05, 0.1) is 16.1 Å². The van der Waals surface area contributed by atoms with Gasteiger partial charge in [-0.25, -0.2) is 0 Å². The summed E-state index contributed by atoms with van der Waals surface area (Å²) in [5.74, 6) is 0.240. The maximum atomic E-state index is 12.1. The Kier molecular flexibility index (Phi) is 5.86. The molecule has 0 aliphatic heterocycles. The first-order chi connectivity index (χ1) is 9.13. The van der Waals surface area contributed by atoms with Gasteiger partial charge in [-0.05, 0) is 61.8 Å². The van der Waals surface area contributed by atoms with Gasteiger partial charge in [-0.15, -0.1) is 0 Å². The van der Waals surface area contributed by atoms with Gasteiger partial charge in [-0.1, -0.05) is 11.6 Å². The first-order valence-corrected chi connectivity index (χ1v) is 7.42. The third kappa shape index (κ3) is 4.65. The Morgan fingerprint density at radius 1 is 1.45 bits per heavy atom. The number of hydrogen-bond acceptors (Lipinski definition) is 3. The average molecular weight is 365 g/mol. The maximum Gasteiger partial charge on any atom is 0.261 e. The number of halogens is 2. The van der Waals surface area contributed by atoms with Crippen LogP contribution >= 0.6 is 27.5 Å². The lowest BCUT2D eigenvalue weighted by Crippen LogP contribution is -2.54. The number of ether oxygens (including phenoxy) is 1. The van der Waals surface area contributed by atoms with Gasteiger partial charge in [0.25, 0.3) is 5.91 Å². The van der Waals surface area contributed by atoms with Crippen molar-refractivity contribution in [3.63, 3.8) is 0 Å². The van der Waals surface area contributed by atoms with Gasteiger partial charge in [0.2, 0.25) is 0 Å². The van der Waals surface area contributed by atoms with Crippen LogP contribution in [0.4, 0.5) is 0 Å². The second kappa shape index (κ2) is 6.78. The van der Waals surface area contributed by atoms with Crippen molar-refractivity contribution < 1.29 is 14.6 Å². The van der Waals surface area contributed by atoms with Crippen molar-refractivity contribution >= 4 is 33.4 Å². The minimum Gasteiger partial charge on any atom is -0.480 e. The summed E-state index contributed by atoms with van der Waals surface area (Å²) in [6.07, 6.45) is -1.36. The lowest BCUT2D eigenvalue weighted by Gasteiger charge is -2.30. The van der Waals surface area contributed by atoms with E-state index in [1.54, 1.807) is 45.9 Å². The second-order valence-corrected chi connectivity index (χ2v) is 6.51. The summed E-state index contributed by atoms with van der Waals surface area (Å²) in [5, 5.41) is 12.9. The number of aliphatic hydroxyl groups is 1. The fourth-order valence-electron chi connectivity index (χ4n) is 1.34. The van der Waals surface area contributed by atoms with E-state index in [1.807, 2.05) is 0 Å². The molecule has 20 heavy (non-hydrogen) atoms. The van der Waals surface area contributed by atoms with Gasteiger partial charge in [0.1, 0.15) is 5.75 Å². The highest BCUT2D eigenvalue weighted by Crippen LogP contribution is 2.28. The first kappa shape index (κ1) is 17.3. The Bertz CT molecular complexity index is 491. The van der Waals surface area contributed by atoms with Gasteiger partial charge in [0, 0.05) is 5.02 Å². The predicted molar refractivity (Wildman–Crippen MR) is 83.1 cm³/mol. The van der Waals surface area contributed by atoms with Gasteiger partial charge in [0.15, 0.2) is 6.10 Å². The predicted octanol–water partition coefficient (Wildman–Crippen LogP) is 3.15. The number of rotatable bonds is 5. The Hall–Kier alpha value is -0.780. The van der Waals surface area contributed by atoms with Crippen LogP contribution in [0.25, 0.3) is 0 Å². The zero-order chi connectivity index (χ0) is 15.5. The highest BCUT2D eigenvalue weighted by molar-refractivity contribution is 9.10. The van der Waals surface area contributed by atoms with Crippen molar-refractivity contribution in [1.82, 2.24) is 5.32 Å². The molecule has 2 unspecified atom stereocenters. The number of benzene rings is 1. The Morgan fingerprint density at radius 3 is 2.55 bits per heavy atom. The minimum absolute atomic E-state index is 0.294. The summed E-state index contributed by atoms with van der Waals surface area (Å²) < 4.78 is 6.27. The standard InChI is InChI=1S/C14H19BrClNO3/c1-8(13(19)17-14(3,4)9(2)18)20-12-6-5-10(16)7-11(12)15/h5-9,18H,1-4H3,(H,17,19). The maximum absolute atomic E-state index is 12.1. The van der Waals surface area contributed by atoms with Gasteiger partial charge in [-0.3, -0.25) is 4.79 Å². The molecule has 0 fully saturated rings. The summed E-state index contributed by atoms with van der Waals surface area (Å²) in [4.78, 5) is 12.1. The topological polar surface area (TPSA) is 58.6 Å². The second-order valence-electron chi connectivity index (χ2n) is 5.22. The van der Waals surface area contributed by atoms with E-state index < -0.39 is 17.7 Å². The molecule has 0 spiro atoms. The molecule has 0 radical (unpaired) electrons. The fourth-order valence-corrected chi connectivity index (χ4v) is 2.11. The highest BCUT2D eigenvalue weighted by Gasteiger charge is 2.28. The SMILES string of the molecule is CC(Oc1ccc(Cl)cc1Br)C(=O)NC(C)(C)C(C)O. The molecule has 0 aliphatic carbocycles. The van der Waals surface area contributed by atoms with E-state index in [-0.39, 0.29) is 5.91 Å². The summed E-state index contributed by atoms with van der Waals surface area (Å²) in [6.45, 7) is 6.77. The van der Waals surface area contributed by atoms with E-state index >= 15 is 0 Å². The van der Waals surface area contributed by atoms with E-state index in [9.17, 15) is 9.90 Å². The van der Waals surface area contributed by atoms with Crippen molar-refractivity contribution in [2.24, 2.45) is 0 Å². The van der Waals surface area contributed by atoms with E-state index in [0.717, 1.165) is 0 Å². The third-order valence-corrected chi connectivity index (χ3v) is 3.91. The molecule has 1 aromatic carbocycles. The van der Waals surface area contributed by atoms with Crippen LogP contribution in [-0.4, -0.2) is 28.8 Å². The summed E-state index contributed by atoms with van der Waals surface area (Å²) in [5.41, 5.74) is -0.716. The molecule has 4 nitrogen and oxygen atoms in total. The molecule has 2 N–H and O–H groups in total. The van der Waals surface area contributed by atoms with E-state index in [0.29, 0.717) is 15.2 Å². The van der Waals surface area contributed by atoms with Gasteiger partial charge < -0.3 is 15.2 Å². The third-order valence-electron chi connectivity index (χ3n) is 3.06. The summed E-state index contributed by atoms with van der Waals surface area (Å²) >= 11 is 9.17. The Morgan fingerprint density at radius 2 is 2.05 bits per heavy atom. The molecule has 1 aromatic rings. The smallest absolute Gasteiger partial charge is 0.261 e. The number of hydrogen-bond donors (Lipinski definition) is 2. The van der Waals surface area contributed by atoms with Crippen LogP contribution < -0.4 is 10.1 Å². The molecule has 0 bridgehead atoms. The highest BCUT2D eigenvalue weighted by atomic mass is 79.9. The number of nitrogens with one attached hydrogen (secondary N) is 1. The zero-order valence-corrected chi connectivity index (χ0v) is 14.2. The van der Waals surface area contributed by atoms with Crippen molar-refractivity contribution in [3.8, 4) is 5.75 Å². The molecular formula is C14H19BrClNO3. The van der Waals surface area contributed by atoms with Crippen LogP contribution in [0.1, 0.15) is 27.7 Å². The average Bonchev–Trinajstić information content (AvgIpc) is 2.31. The van der Waals surface area contributed by atoms with Crippen molar-refractivity contribution in [3.05, 3.63) is 27.7 Å². The van der Waals surface area contributed by atoms with Crippen LogP contribution in [-0.2, 0) is 4.79 Å². The molecule has 2 atom stereocenters. The van der Waals surface area contributed by atoms with Crippen LogP contribution in [0.3, 0.4) is 0 Å². The quantitative estimate of drug-likeness (QED) is 0.844. The molecule has 1 amide bonds. The van der Waals surface area contributed by atoms with E-state index in [4.69, 9.17) is 16.3 Å². The van der Waals surface area contributed by atoms with Gasteiger partial charge in [-0.2, -0.15) is 0 Å². The minimum atomic E-state index is -0.716. The lowest BCUT2D eigenvalue weighted by molar-refractivity contribution is -0.130. The molecule has 0 aliphatic rings. The van der Waals surface area contributed by atoms with Crippen LogP contribution in [0.5, 0.6) is 5.75 Å². The molecule has 112 valence electrons. The van der Waals surface area contributed by atoms with Crippen molar-refractivity contribution in [1.29, 1.82) is 0 Å². The number of aliphatic hydroxyl groups excluding tert-OH is 1. The molecular weight excluding hydrogens is 346 g/mol. The number of carbonyl (C=O) groups is 1. The fraction of sp³-hybridized carbons (Fsp3) is 0.500. The zero-order valence-electron chi connectivity index (χ0n) is 11.9. The lowest BCUT2D eigenvalue weighted by atomic mass is 9.98. The Labute approximate surface area is 132 Å². The molecule has 0 heterocycles. The van der Waals surface area contributed by atoms with Crippen LogP contribution in [0, 0.1) is 0 Å². The monoisotopic (exact) mass is 363 g/mol. The molecule has 0 saturated carbocycles. The van der Waals surface area contributed by atoms with E-state index in [2.05, 4.69) is 21.2 Å². The Balaban J connectivity index is 2.71. The normalized spacial score (nSPS) is 14.6. The molecule has 0 aromatic heterocycles. The molecule has 6 heteroatoms. The van der Waals surface area contributed by atoms with Crippen LogP contribution in [0.15, 0.2) is 22.7 Å². The van der Waals surface area contributed by atoms with Crippen molar-refractivity contribution in [2.45, 2.75) is 45.4 Å². The molecule has 1 rings (SSSR count). The van der Waals surface area contributed by atoms with Crippen LogP contribution in [0.2, 0.25) is 5.02 Å². The summed E-state index contributed by atoms with van der Waals surface area (Å²) in [7, 11) is 0.